The zero-order chi connectivity index (χ0) is 19.5. The third kappa shape index (κ3) is 3.45. The highest BCUT2D eigenvalue weighted by molar-refractivity contribution is 5.95. The Morgan fingerprint density at radius 3 is 2.68 bits per heavy atom. The van der Waals surface area contributed by atoms with Gasteiger partial charge >= 0.3 is 12.0 Å². The van der Waals surface area contributed by atoms with E-state index in [9.17, 15) is 9.59 Å². The molecule has 0 bridgehead atoms. The number of ether oxygens (including phenoxy) is 1. The maximum absolute atomic E-state index is 12.8. The van der Waals surface area contributed by atoms with Gasteiger partial charge in [-0.3, -0.25) is 0 Å². The van der Waals surface area contributed by atoms with Gasteiger partial charge in [0.15, 0.2) is 0 Å². The number of esters is 1. The van der Waals surface area contributed by atoms with Crippen LogP contribution in [0.4, 0.5) is 10.5 Å². The number of fused-ring (bicyclic) bond motifs is 1. The molecular formula is C22H23N3O3. The number of para-hydroxylation sites is 1. The highest BCUT2D eigenvalue weighted by Crippen LogP contribution is 2.31. The van der Waals surface area contributed by atoms with E-state index in [1.807, 2.05) is 42.5 Å². The van der Waals surface area contributed by atoms with Gasteiger partial charge in [-0.2, -0.15) is 0 Å². The van der Waals surface area contributed by atoms with Crippen molar-refractivity contribution < 1.29 is 14.3 Å². The highest BCUT2D eigenvalue weighted by Gasteiger charge is 2.34. The molecule has 0 aliphatic carbocycles. The van der Waals surface area contributed by atoms with Crippen LogP contribution in [0.5, 0.6) is 0 Å². The summed E-state index contributed by atoms with van der Waals surface area (Å²) in [5.41, 5.74) is 4.31. The summed E-state index contributed by atoms with van der Waals surface area (Å²) >= 11 is 0. The van der Waals surface area contributed by atoms with Crippen molar-refractivity contribution in [3.8, 4) is 0 Å². The van der Waals surface area contributed by atoms with E-state index in [1.165, 1.54) is 5.56 Å². The number of urea groups is 1. The minimum Gasteiger partial charge on any atom is -0.463 e. The largest absolute Gasteiger partial charge is 0.463 e. The van der Waals surface area contributed by atoms with Gasteiger partial charge in [0.25, 0.3) is 0 Å². The lowest BCUT2D eigenvalue weighted by atomic mass is 9.95. The number of amides is 2. The van der Waals surface area contributed by atoms with Crippen LogP contribution < -0.4 is 15.5 Å². The molecule has 6 heteroatoms. The molecule has 2 aromatic carbocycles. The molecule has 6 nitrogen and oxygen atoms in total. The van der Waals surface area contributed by atoms with Crippen molar-refractivity contribution in [3.63, 3.8) is 0 Å². The molecular weight excluding hydrogens is 354 g/mol. The third-order valence-electron chi connectivity index (χ3n) is 5.11. The van der Waals surface area contributed by atoms with Gasteiger partial charge in [0.05, 0.1) is 30.5 Å². The van der Waals surface area contributed by atoms with E-state index in [0.29, 0.717) is 17.8 Å². The van der Waals surface area contributed by atoms with Crippen LogP contribution in [0.1, 0.15) is 24.1 Å². The molecule has 4 rings (SSSR count). The van der Waals surface area contributed by atoms with E-state index in [2.05, 4.69) is 27.7 Å². The van der Waals surface area contributed by atoms with Crippen molar-refractivity contribution in [1.82, 2.24) is 10.6 Å². The van der Waals surface area contributed by atoms with Crippen LogP contribution in [-0.2, 0) is 16.0 Å². The predicted molar refractivity (Wildman–Crippen MR) is 107 cm³/mol. The molecule has 2 aliphatic rings. The Bertz CT molecular complexity index is 924. The van der Waals surface area contributed by atoms with Crippen LogP contribution in [0.25, 0.3) is 0 Å². The first kappa shape index (κ1) is 18.1. The molecule has 0 radical (unpaired) electrons. The highest BCUT2D eigenvalue weighted by atomic mass is 16.5. The Kier molecular flexibility index (Phi) is 5.02. The molecule has 0 spiro atoms. The van der Waals surface area contributed by atoms with Gasteiger partial charge < -0.3 is 20.3 Å². The fourth-order valence-electron chi connectivity index (χ4n) is 3.85. The molecule has 0 fully saturated rings. The van der Waals surface area contributed by atoms with Crippen molar-refractivity contribution in [2.24, 2.45) is 0 Å². The summed E-state index contributed by atoms with van der Waals surface area (Å²) in [6, 6.07) is 16.9. The van der Waals surface area contributed by atoms with Crippen LogP contribution >= 0.6 is 0 Å². The number of carbonyl (C=O) groups excluding carboxylic acids is 2. The minimum absolute atomic E-state index is 0.275. The van der Waals surface area contributed by atoms with E-state index >= 15 is 0 Å². The molecule has 2 N–H and O–H groups in total. The van der Waals surface area contributed by atoms with Crippen molar-refractivity contribution in [2.75, 3.05) is 24.6 Å². The standard InChI is InChI=1S/C22H23N3O3/c1-2-28-21(26)19-17(14-25-13-12-15-8-6-7-11-18(15)25)23-22(27)24-20(19)16-9-4-3-5-10-16/h3-11,20H,2,12-14H2,1H3,(H2,23,24,27)/t20-/m1/s1. The monoisotopic (exact) mass is 377 g/mol. The van der Waals surface area contributed by atoms with Gasteiger partial charge in [-0.25, -0.2) is 9.59 Å². The Morgan fingerprint density at radius 2 is 1.89 bits per heavy atom. The molecule has 0 saturated carbocycles. The maximum Gasteiger partial charge on any atom is 0.338 e. The first-order valence-corrected chi connectivity index (χ1v) is 9.53. The van der Waals surface area contributed by atoms with Gasteiger partial charge in [0.2, 0.25) is 0 Å². The number of anilines is 1. The summed E-state index contributed by atoms with van der Waals surface area (Å²) in [4.78, 5) is 27.4. The van der Waals surface area contributed by atoms with Gasteiger partial charge in [0, 0.05) is 12.2 Å². The Labute approximate surface area is 164 Å². The maximum atomic E-state index is 12.8. The SMILES string of the molecule is CCOC(=O)C1=C(CN2CCc3ccccc32)NC(=O)N[C@@H]1c1ccccc1. The molecule has 0 unspecified atom stereocenters. The van der Waals surface area contributed by atoms with Crippen LogP contribution in [0.2, 0.25) is 0 Å². The van der Waals surface area contributed by atoms with Gasteiger partial charge in [-0.05, 0) is 30.5 Å². The van der Waals surface area contributed by atoms with E-state index in [4.69, 9.17) is 4.74 Å². The van der Waals surface area contributed by atoms with Crippen molar-refractivity contribution in [3.05, 3.63) is 77.0 Å². The van der Waals surface area contributed by atoms with Crippen LogP contribution in [-0.4, -0.2) is 31.7 Å². The minimum atomic E-state index is -0.540. The number of nitrogens with zero attached hydrogens (tertiary/aromatic N) is 1. The molecule has 2 aromatic rings. The average Bonchev–Trinajstić information content (AvgIpc) is 3.11. The Morgan fingerprint density at radius 1 is 1.14 bits per heavy atom. The summed E-state index contributed by atoms with van der Waals surface area (Å²) in [5.74, 6) is -0.411. The van der Waals surface area contributed by atoms with Crippen LogP contribution in [0.3, 0.4) is 0 Å². The summed E-state index contributed by atoms with van der Waals surface area (Å²) in [7, 11) is 0. The zero-order valence-corrected chi connectivity index (χ0v) is 15.8. The summed E-state index contributed by atoms with van der Waals surface area (Å²) in [6.07, 6.45) is 0.951. The number of benzene rings is 2. The fourth-order valence-corrected chi connectivity index (χ4v) is 3.85. The summed E-state index contributed by atoms with van der Waals surface area (Å²) < 4.78 is 5.33. The smallest absolute Gasteiger partial charge is 0.338 e. The van der Waals surface area contributed by atoms with Crippen molar-refractivity contribution in [1.29, 1.82) is 0 Å². The quantitative estimate of drug-likeness (QED) is 0.786. The van der Waals surface area contributed by atoms with Gasteiger partial charge in [-0.15, -0.1) is 0 Å². The molecule has 0 saturated heterocycles. The second-order valence-corrected chi connectivity index (χ2v) is 6.86. The van der Waals surface area contributed by atoms with E-state index in [1.54, 1.807) is 6.92 Å². The number of hydrogen-bond acceptors (Lipinski definition) is 4. The number of rotatable bonds is 5. The normalized spacial score (nSPS) is 18.4. The van der Waals surface area contributed by atoms with E-state index < -0.39 is 12.0 Å². The number of carbonyl (C=O) groups is 2. The molecule has 2 aliphatic heterocycles. The Balaban J connectivity index is 1.73. The molecule has 1 atom stereocenters. The molecule has 2 heterocycles. The first-order valence-electron chi connectivity index (χ1n) is 9.53. The summed E-state index contributed by atoms with van der Waals surface area (Å²) in [5, 5.41) is 5.72. The lowest BCUT2D eigenvalue weighted by Gasteiger charge is -2.31. The topological polar surface area (TPSA) is 70.7 Å². The van der Waals surface area contributed by atoms with Crippen molar-refractivity contribution >= 4 is 17.7 Å². The van der Waals surface area contributed by atoms with E-state index in [-0.39, 0.29) is 12.6 Å². The van der Waals surface area contributed by atoms with Crippen LogP contribution in [0.15, 0.2) is 65.9 Å². The summed E-state index contributed by atoms with van der Waals surface area (Å²) in [6.45, 7) is 3.35. The molecule has 2 amide bonds. The first-order chi connectivity index (χ1) is 13.7. The van der Waals surface area contributed by atoms with E-state index in [0.717, 1.165) is 24.2 Å². The van der Waals surface area contributed by atoms with Gasteiger partial charge in [0.1, 0.15) is 0 Å². The molecule has 0 aromatic heterocycles. The average molecular weight is 377 g/mol. The number of hydrogen-bond donors (Lipinski definition) is 2. The zero-order valence-electron chi connectivity index (χ0n) is 15.8. The second-order valence-electron chi connectivity index (χ2n) is 6.86. The third-order valence-corrected chi connectivity index (χ3v) is 5.11. The lowest BCUT2D eigenvalue weighted by molar-refractivity contribution is -0.139. The second kappa shape index (κ2) is 7.76. The predicted octanol–water partition coefficient (Wildman–Crippen LogP) is 2.92. The Hall–Kier alpha value is -3.28. The fraction of sp³-hybridized carbons (Fsp3) is 0.273. The molecule has 28 heavy (non-hydrogen) atoms. The molecule has 144 valence electrons. The van der Waals surface area contributed by atoms with Crippen LogP contribution in [0, 0.1) is 0 Å². The lowest BCUT2D eigenvalue weighted by Crippen LogP contribution is -2.48. The van der Waals surface area contributed by atoms with Crippen molar-refractivity contribution in [2.45, 2.75) is 19.4 Å². The number of nitrogens with one attached hydrogen (secondary N) is 2. The van der Waals surface area contributed by atoms with Gasteiger partial charge in [-0.1, -0.05) is 48.5 Å².